The highest BCUT2D eigenvalue weighted by Crippen LogP contribution is 2.17. The smallest absolute Gasteiger partial charge is 0.175 e. The van der Waals surface area contributed by atoms with Crippen molar-refractivity contribution in [2.75, 3.05) is 19.4 Å². The molecule has 114 valence electrons. The molecule has 0 radical (unpaired) electrons. The Morgan fingerprint density at radius 3 is 2.60 bits per heavy atom. The van der Waals surface area contributed by atoms with E-state index in [-0.39, 0.29) is 0 Å². The first-order valence-electron chi connectivity index (χ1n) is 7.06. The van der Waals surface area contributed by atoms with Gasteiger partial charge in [-0.2, -0.15) is 0 Å². The van der Waals surface area contributed by atoms with Gasteiger partial charge in [0.2, 0.25) is 0 Å². The van der Waals surface area contributed by atoms with Gasteiger partial charge in [0.1, 0.15) is 5.75 Å². The number of hydrogen-bond donors (Lipinski definition) is 1. The number of ether oxygens (including phenoxy) is 1. The van der Waals surface area contributed by atoms with Gasteiger partial charge in [0, 0.05) is 12.3 Å². The number of unbranched alkanes of at least 4 members (excludes halogenated alkanes) is 2. The zero-order valence-electron chi connectivity index (χ0n) is 12.6. The van der Waals surface area contributed by atoms with Crippen LogP contribution >= 0.6 is 0 Å². The summed E-state index contributed by atoms with van der Waals surface area (Å²) in [5.41, 5.74) is 0. The number of benzene rings is 1. The summed E-state index contributed by atoms with van der Waals surface area (Å²) in [4.78, 5) is 0.302. The minimum Gasteiger partial charge on any atom is -0.494 e. The molecule has 1 N–H and O–H groups in total. The maximum Gasteiger partial charge on any atom is 0.175 e. The lowest BCUT2D eigenvalue weighted by molar-refractivity contribution is 0.304. The molecule has 0 heterocycles. The average molecular weight is 299 g/mol. The molecule has 20 heavy (non-hydrogen) atoms. The van der Waals surface area contributed by atoms with Gasteiger partial charge in [-0.1, -0.05) is 19.9 Å². The summed E-state index contributed by atoms with van der Waals surface area (Å²) in [7, 11) is -3.16. The van der Waals surface area contributed by atoms with Crippen molar-refractivity contribution in [1.29, 1.82) is 0 Å². The lowest BCUT2D eigenvalue weighted by Crippen LogP contribution is -2.23. The van der Waals surface area contributed by atoms with Crippen molar-refractivity contribution < 1.29 is 13.2 Å². The molecule has 1 aromatic rings. The molecule has 1 aromatic carbocycles. The third-order valence-electron chi connectivity index (χ3n) is 2.88. The minimum atomic E-state index is -3.16. The van der Waals surface area contributed by atoms with Crippen LogP contribution < -0.4 is 10.1 Å². The molecule has 1 rings (SSSR count). The Morgan fingerprint density at radius 2 is 1.95 bits per heavy atom. The first-order valence-corrected chi connectivity index (χ1v) is 8.95. The molecule has 0 fully saturated rings. The molecule has 0 spiro atoms. The van der Waals surface area contributed by atoms with Gasteiger partial charge in [-0.15, -0.1) is 0 Å². The van der Waals surface area contributed by atoms with Crippen LogP contribution in [0.1, 0.15) is 33.1 Å². The number of hydrogen-bond acceptors (Lipinski definition) is 4. The quantitative estimate of drug-likeness (QED) is 0.712. The van der Waals surface area contributed by atoms with Crippen LogP contribution in [0.2, 0.25) is 0 Å². The van der Waals surface area contributed by atoms with Crippen molar-refractivity contribution in [3.05, 3.63) is 24.3 Å². The van der Waals surface area contributed by atoms with Crippen molar-refractivity contribution in [2.24, 2.45) is 0 Å². The van der Waals surface area contributed by atoms with Gasteiger partial charge in [-0.05, 0) is 44.0 Å². The predicted molar refractivity (Wildman–Crippen MR) is 82.0 cm³/mol. The summed E-state index contributed by atoms with van der Waals surface area (Å²) < 4.78 is 28.4. The fraction of sp³-hybridized carbons (Fsp3) is 0.600. The third-order valence-corrected chi connectivity index (χ3v) is 3.99. The molecule has 0 aliphatic rings. The van der Waals surface area contributed by atoms with Crippen LogP contribution in [0.15, 0.2) is 29.2 Å². The topological polar surface area (TPSA) is 55.4 Å². The predicted octanol–water partition coefficient (Wildman–Crippen LogP) is 2.64. The van der Waals surface area contributed by atoms with E-state index in [9.17, 15) is 8.42 Å². The minimum absolute atomic E-state index is 0.302. The van der Waals surface area contributed by atoms with Gasteiger partial charge in [0.15, 0.2) is 9.84 Å². The Hall–Kier alpha value is -1.07. The molecule has 0 atom stereocenters. The molecule has 0 amide bonds. The maximum atomic E-state index is 11.4. The van der Waals surface area contributed by atoms with E-state index in [0.29, 0.717) is 23.3 Å². The second-order valence-electron chi connectivity index (χ2n) is 5.26. The van der Waals surface area contributed by atoms with Crippen molar-refractivity contribution in [2.45, 2.75) is 44.0 Å². The SMILES string of the molecule is CC(C)NCCCCCOc1cccc(S(C)(=O)=O)c1. The van der Waals surface area contributed by atoms with Crippen molar-refractivity contribution in [3.8, 4) is 5.75 Å². The Morgan fingerprint density at radius 1 is 1.20 bits per heavy atom. The second kappa shape index (κ2) is 8.27. The molecule has 0 aliphatic heterocycles. The average Bonchev–Trinajstić information content (AvgIpc) is 2.36. The molecule has 0 saturated heterocycles. The summed E-state index contributed by atoms with van der Waals surface area (Å²) in [6, 6.07) is 7.19. The highest BCUT2D eigenvalue weighted by atomic mass is 32.2. The summed E-state index contributed by atoms with van der Waals surface area (Å²) in [5.74, 6) is 0.619. The van der Waals surface area contributed by atoms with Crippen LogP contribution in [0.5, 0.6) is 5.75 Å². The van der Waals surface area contributed by atoms with Gasteiger partial charge >= 0.3 is 0 Å². The van der Waals surface area contributed by atoms with E-state index in [4.69, 9.17) is 4.74 Å². The number of nitrogens with one attached hydrogen (secondary N) is 1. The summed E-state index contributed by atoms with van der Waals surface area (Å²) in [6.07, 6.45) is 4.41. The highest BCUT2D eigenvalue weighted by Gasteiger charge is 2.07. The largest absolute Gasteiger partial charge is 0.494 e. The summed E-state index contributed by atoms with van der Waals surface area (Å²) in [6.45, 7) is 5.92. The van der Waals surface area contributed by atoms with Crippen LogP contribution in [0.3, 0.4) is 0 Å². The molecular formula is C15H25NO3S. The molecule has 4 nitrogen and oxygen atoms in total. The Bertz CT molecular complexity index is 498. The third kappa shape index (κ3) is 6.91. The second-order valence-corrected chi connectivity index (χ2v) is 7.28. The van der Waals surface area contributed by atoms with E-state index in [0.717, 1.165) is 25.8 Å². The molecule has 5 heteroatoms. The van der Waals surface area contributed by atoms with Gasteiger partial charge in [0.05, 0.1) is 11.5 Å². The van der Waals surface area contributed by atoms with Crippen molar-refractivity contribution >= 4 is 9.84 Å². The summed E-state index contributed by atoms with van der Waals surface area (Å²) in [5, 5.41) is 3.37. The maximum absolute atomic E-state index is 11.4. The van der Waals surface area contributed by atoms with E-state index in [1.54, 1.807) is 24.3 Å². The van der Waals surface area contributed by atoms with Crippen LogP contribution in [0.25, 0.3) is 0 Å². The van der Waals surface area contributed by atoms with E-state index < -0.39 is 9.84 Å². The van der Waals surface area contributed by atoms with E-state index >= 15 is 0 Å². The molecular weight excluding hydrogens is 274 g/mol. The van der Waals surface area contributed by atoms with Gasteiger partial charge in [-0.25, -0.2) is 8.42 Å². The normalized spacial score (nSPS) is 11.8. The fourth-order valence-electron chi connectivity index (χ4n) is 1.78. The molecule has 0 bridgehead atoms. The van der Waals surface area contributed by atoms with Gasteiger partial charge in [0.25, 0.3) is 0 Å². The summed E-state index contributed by atoms with van der Waals surface area (Å²) >= 11 is 0. The molecule has 0 unspecified atom stereocenters. The lowest BCUT2D eigenvalue weighted by atomic mass is 10.2. The van der Waals surface area contributed by atoms with E-state index in [1.165, 1.54) is 6.26 Å². The zero-order valence-corrected chi connectivity index (χ0v) is 13.4. The Kier molecular flexibility index (Phi) is 7.02. The van der Waals surface area contributed by atoms with Crippen LogP contribution in [-0.2, 0) is 9.84 Å². The van der Waals surface area contributed by atoms with Gasteiger partial charge < -0.3 is 10.1 Å². The highest BCUT2D eigenvalue weighted by molar-refractivity contribution is 7.90. The Labute approximate surface area is 122 Å². The van der Waals surface area contributed by atoms with Crippen LogP contribution in [0, 0.1) is 0 Å². The standard InChI is InChI=1S/C15H25NO3S/c1-13(2)16-10-5-4-6-11-19-14-8-7-9-15(12-14)20(3,17)18/h7-9,12-13,16H,4-6,10-11H2,1-3H3. The molecule has 0 aliphatic carbocycles. The van der Waals surface area contributed by atoms with Gasteiger partial charge in [-0.3, -0.25) is 0 Å². The number of rotatable bonds is 9. The fourth-order valence-corrected chi connectivity index (χ4v) is 2.44. The lowest BCUT2D eigenvalue weighted by Gasteiger charge is -2.09. The molecule has 0 saturated carbocycles. The first kappa shape index (κ1) is 17.0. The van der Waals surface area contributed by atoms with Crippen molar-refractivity contribution in [3.63, 3.8) is 0 Å². The van der Waals surface area contributed by atoms with Crippen molar-refractivity contribution in [1.82, 2.24) is 5.32 Å². The monoisotopic (exact) mass is 299 g/mol. The zero-order chi connectivity index (χ0) is 15.0. The van der Waals surface area contributed by atoms with Crippen LogP contribution in [0.4, 0.5) is 0 Å². The number of sulfone groups is 1. The first-order chi connectivity index (χ1) is 9.39. The van der Waals surface area contributed by atoms with Crippen LogP contribution in [-0.4, -0.2) is 33.9 Å². The molecule has 0 aromatic heterocycles. The Balaban J connectivity index is 2.26. The van der Waals surface area contributed by atoms with E-state index in [2.05, 4.69) is 19.2 Å². The van der Waals surface area contributed by atoms with E-state index in [1.807, 2.05) is 0 Å².